The summed E-state index contributed by atoms with van der Waals surface area (Å²) in [5, 5.41) is 0. The Balaban J connectivity index is -0.0000000133. The van der Waals surface area contributed by atoms with Crippen molar-refractivity contribution in [2.45, 2.75) is 0 Å². The standard InChI is InChI=1S/Cu.Mg.H3O4P.2H2O/c;;1-5(2,3)4;;/h;;(H3,1,2,3,4);2*1H2/q2*+2;;;/p-4. The van der Waals surface area contributed by atoms with Crippen molar-refractivity contribution in [3.05, 3.63) is 0 Å². The first-order valence-electron chi connectivity index (χ1n) is 0.730. The Morgan fingerprint density at radius 3 is 1.11 bits per heavy atom. The largest absolute Gasteiger partial charge is 2.00 e. The van der Waals surface area contributed by atoms with Crippen LogP contribution < -0.4 is 14.7 Å². The number of rotatable bonds is 0. The summed E-state index contributed by atoms with van der Waals surface area (Å²) < 4.78 is 8.55. The molecule has 0 saturated heterocycles. The maximum atomic E-state index is 8.55. The molecule has 0 aliphatic rings. The van der Waals surface area contributed by atoms with Gasteiger partial charge in [-0.1, -0.05) is 0 Å². The summed E-state index contributed by atoms with van der Waals surface area (Å²) in [4.78, 5) is 25.6. The van der Waals surface area contributed by atoms with E-state index in [-0.39, 0.29) is 51.1 Å². The first-order chi connectivity index (χ1) is 2.00. The van der Waals surface area contributed by atoms with Gasteiger partial charge in [-0.15, -0.1) is 0 Å². The monoisotopic (exact) mass is 217 g/mol. The molecular formula is H3CuMgO6P. The van der Waals surface area contributed by atoms with Crippen LogP contribution >= 0.6 is 7.82 Å². The zero-order valence-corrected chi connectivity index (χ0v) is 7.29. The van der Waals surface area contributed by atoms with E-state index >= 15 is 0 Å². The van der Waals surface area contributed by atoms with E-state index in [9.17, 15) is 0 Å². The maximum Gasteiger partial charge on any atom is 2.00 e. The van der Waals surface area contributed by atoms with Crippen LogP contribution in [0.1, 0.15) is 0 Å². The molecule has 0 amide bonds. The predicted octanol–water partition coefficient (Wildman–Crippen LogP) is -4.21. The first kappa shape index (κ1) is 31.7. The fourth-order valence-corrected chi connectivity index (χ4v) is 0. The average Bonchev–Trinajstić information content (AvgIpc) is 0.722. The molecule has 0 aromatic heterocycles. The van der Waals surface area contributed by atoms with Gasteiger partial charge in [0.15, 0.2) is 0 Å². The van der Waals surface area contributed by atoms with Gasteiger partial charge in [0, 0.05) is 0 Å². The van der Waals surface area contributed by atoms with Gasteiger partial charge >= 0.3 is 40.1 Å². The molecule has 0 unspecified atom stereocenters. The Kier molecular flexibility index (Phi) is 42.4. The Bertz CT molecular complexity index is 59.2. The minimum absolute atomic E-state index is 0. The quantitative estimate of drug-likeness (QED) is 0.298. The number of hydrogen-bond donors (Lipinski definition) is 0. The fraction of sp³-hybridized carbons (Fsp3) is 0. The van der Waals surface area contributed by atoms with E-state index in [4.69, 9.17) is 19.2 Å². The molecule has 0 spiro atoms. The number of phosphoric acid groups is 1. The molecule has 0 fully saturated rings. The molecule has 6 nitrogen and oxygen atoms in total. The van der Waals surface area contributed by atoms with E-state index < -0.39 is 7.82 Å². The molecule has 0 rings (SSSR count). The van der Waals surface area contributed by atoms with Gasteiger partial charge in [-0.3, -0.25) is 0 Å². The molecule has 0 bridgehead atoms. The Hall–Kier alpha value is 1.32. The van der Waals surface area contributed by atoms with Crippen LogP contribution in [0, 0.1) is 0 Å². The van der Waals surface area contributed by atoms with Crippen LogP contribution in [0.4, 0.5) is 0 Å². The molecule has 1 radical (unpaired) electrons. The van der Waals surface area contributed by atoms with Crippen molar-refractivity contribution in [1.82, 2.24) is 0 Å². The summed E-state index contributed by atoms with van der Waals surface area (Å²) in [5.41, 5.74) is 0. The van der Waals surface area contributed by atoms with E-state index in [0.29, 0.717) is 0 Å². The van der Waals surface area contributed by atoms with Crippen molar-refractivity contribution in [3.63, 3.8) is 0 Å². The van der Waals surface area contributed by atoms with Gasteiger partial charge in [-0.25, -0.2) is 0 Å². The van der Waals surface area contributed by atoms with Crippen LogP contribution in [0.25, 0.3) is 0 Å². The van der Waals surface area contributed by atoms with Crippen LogP contribution in [-0.4, -0.2) is 34.0 Å². The van der Waals surface area contributed by atoms with Gasteiger partial charge in [0.2, 0.25) is 0 Å². The van der Waals surface area contributed by atoms with Gasteiger partial charge in [-0.2, -0.15) is 7.82 Å². The molecule has 0 aliphatic carbocycles. The average molecular weight is 218 g/mol. The van der Waals surface area contributed by atoms with Crippen molar-refractivity contribution >= 4 is 30.9 Å². The van der Waals surface area contributed by atoms with Crippen molar-refractivity contribution in [2.75, 3.05) is 0 Å². The number of hydrogen-bond acceptors (Lipinski definition) is 5. The Morgan fingerprint density at radius 1 is 1.11 bits per heavy atom. The SMILES string of the molecule is O.O=P([O-])([O-])[O-].[Cu+2].[Mg+2].[OH-]. The van der Waals surface area contributed by atoms with Gasteiger partial charge < -0.3 is 30.2 Å². The second-order valence-electron chi connectivity index (χ2n) is 0.447. The molecule has 0 aromatic carbocycles. The van der Waals surface area contributed by atoms with Crippen molar-refractivity contribution in [1.29, 1.82) is 0 Å². The van der Waals surface area contributed by atoms with Crippen LogP contribution in [0.5, 0.6) is 0 Å². The third kappa shape index (κ3) is 288. The summed E-state index contributed by atoms with van der Waals surface area (Å²) in [6.45, 7) is 0. The van der Waals surface area contributed by atoms with Crippen LogP contribution in [-0.2, 0) is 21.6 Å². The third-order valence-corrected chi connectivity index (χ3v) is 0. The summed E-state index contributed by atoms with van der Waals surface area (Å²) in [6, 6.07) is 0. The molecule has 0 aromatic rings. The Morgan fingerprint density at radius 2 is 1.11 bits per heavy atom. The maximum absolute atomic E-state index is 8.55. The zero-order valence-electron chi connectivity index (χ0n) is 4.04. The topological polar surface area (TPSA) is 148 Å². The van der Waals surface area contributed by atoms with Crippen LogP contribution in [0.2, 0.25) is 0 Å². The van der Waals surface area contributed by atoms with Crippen LogP contribution in [0.15, 0.2) is 0 Å². The smallest absolute Gasteiger partial charge is 0.870 e. The van der Waals surface area contributed by atoms with Crippen molar-refractivity contribution in [3.8, 4) is 0 Å². The normalized spacial score (nSPS) is 6.56. The summed E-state index contributed by atoms with van der Waals surface area (Å²) in [6.07, 6.45) is 0. The van der Waals surface area contributed by atoms with Gasteiger partial charge in [0.25, 0.3) is 0 Å². The van der Waals surface area contributed by atoms with Crippen LogP contribution in [0.3, 0.4) is 0 Å². The predicted molar refractivity (Wildman–Crippen MR) is 18.9 cm³/mol. The van der Waals surface area contributed by atoms with Crippen molar-refractivity contribution < 1.29 is 47.3 Å². The van der Waals surface area contributed by atoms with E-state index in [1.165, 1.54) is 0 Å². The first-order valence-corrected chi connectivity index (χ1v) is 2.19. The van der Waals surface area contributed by atoms with Crippen molar-refractivity contribution in [2.24, 2.45) is 0 Å². The van der Waals surface area contributed by atoms with Gasteiger partial charge in [-0.05, 0) is 0 Å². The molecule has 0 aliphatic heterocycles. The summed E-state index contributed by atoms with van der Waals surface area (Å²) in [5.74, 6) is 0. The second kappa shape index (κ2) is 12.0. The molecule has 0 heterocycles. The van der Waals surface area contributed by atoms with E-state index in [2.05, 4.69) is 0 Å². The molecule has 9 heteroatoms. The zero-order chi connectivity index (χ0) is 4.50. The van der Waals surface area contributed by atoms with E-state index in [1.807, 2.05) is 0 Å². The molecule has 0 saturated carbocycles. The summed E-state index contributed by atoms with van der Waals surface area (Å²) >= 11 is 0. The van der Waals surface area contributed by atoms with Gasteiger partial charge in [0.1, 0.15) is 0 Å². The van der Waals surface area contributed by atoms with Gasteiger partial charge in [0.05, 0.1) is 0 Å². The third-order valence-electron chi connectivity index (χ3n) is 0. The second-order valence-corrected chi connectivity index (χ2v) is 1.34. The van der Waals surface area contributed by atoms with E-state index in [1.54, 1.807) is 0 Å². The minimum atomic E-state index is -5.39. The fourth-order valence-electron chi connectivity index (χ4n) is 0. The minimum Gasteiger partial charge on any atom is -0.870 e. The molecule has 9 heavy (non-hydrogen) atoms. The molecular weight excluding hydrogens is 215 g/mol. The summed E-state index contributed by atoms with van der Waals surface area (Å²) in [7, 11) is -5.39. The molecule has 0 atom stereocenters. The molecule has 3 N–H and O–H groups in total. The Labute approximate surface area is 78.1 Å². The molecule has 57 valence electrons. The van der Waals surface area contributed by atoms with E-state index in [0.717, 1.165) is 0 Å².